The zero-order valence-corrected chi connectivity index (χ0v) is 14.0. The second-order valence-electron chi connectivity index (χ2n) is 5.92. The van der Waals surface area contributed by atoms with Crippen molar-refractivity contribution in [1.82, 2.24) is 9.13 Å². The van der Waals surface area contributed by atoms with Crippen LogP contribution in [-0.4, -0.2) is 31.7 Å². The van der Waals surface area contributed by atoms with Gasteiger partial charge in [-0.3, -0.25) is 24.0 Å². The number of nitrogens with zero attached hydrogens (tertiary/aromatic N) is 3. The first-order chi connectivity index (χ1) is 12.8. The molecule has 10 heteroatoms. The fourth-order valence-electron chi connectivity index (χ4n) is 2.58. The number of carbonyl (C=O) groups is 1. The van der Waals surface area contributed by atoms with Crippen molar-refractivity contribution in [2.45, 2.75) is 18.9 Å². The minimum atomic E-state index is -0.940. The number of rotatable bonds is 6. The third kappa shape index (κ3) is 3.36. The third-order valence-electron chi connectivity index (χ3n) is 4.01. The second-order valence-corrected chi connectivity index (χ2v) is 5.92. The first-order valence-electron chi connectivity index (χ1n) is 7.99. The molecular weight excluding hydrogens is 358 g/mol. The van der Waals surface area contributed by atoms with Gasteiger partial charge in [-0.25, -0.2) is 9.59 Å². The van der Waals surface area contributed by atoms with Gasteiger partial charge in [0, 0.05) is 18.3 Å². The minimum Gasteiger partial charge on any atom is -0.505 e. The lowest BCUT2D eigenvalue weighted by atomic mass is 10.2. The lowest BCUT2D eigenvalue weighted by molar-refractivity contribution is -0.384. The molecule has 140 valence electrons. The maximum atomic E-state index is 12.7. The summed E-state index contributed by atoms with van der Waals surface area (Å²) in [6, 6.07) is 2.80. The summed E-state index contributed by atoms with van der Waals surface area (Å²) in [6.45, 7) is 3.29. The van der Waals surface area contributed by atoms with E-state index in [1.54, 1.807) is 0 Å². The van der Waals surface area contributed by atoms with Crippen molar-refractivity contribution in [3.63, 3.8) is 0 Å². The average Bonchev–Trinajstić information content (AvgIpc) is 3.45. The van der Waals surface area contributed by atoms with E-state index in [0.29, 0.717) is 12.8 Å². The molecule has 0 atom stereocenters. The number of carbonyl (C=O) groups excluding carboxylic acids is 1. The van der Waals surface area contributed by atoms with Gasteiger partial charge in [-0.1, -0.05) is 12.7 Å². The molecule has 1 aromatic carbocycles. The number of nitro groups is 1. The number of aromatic nitrogens is 2. The van der Waals surface area contributed by atoms with E-state index in [4.69, 9.17) is 4.74 Å². The summed E-state index contributed by atoms with van der Waals surface area (Å²) in [6.07, 6.45) is 3.50. The van der Waals surface area contributed by atoms with Crippen molar-refractivity contribution in [2.24, 2.45) is 0 Å². The maximum Gasteiger partial charge on any atom is 0.345 e. The van der Waals surface area contributed by atoms with Gasteiger partial charge in [0.05, 0.1) is 16.7 Å². The quantitative estimate of drug-likeness (QED) is 0.349. The van der Waals surface area contributed by atoms with Crippen molar-refractivity contribution in [3.05, 3.63) is 73.6 Å². The summed E-state index contributed by atoms with van der Waals surface area (Å²) in [4.78, 5) is 47.6. The Bertz CT molecular complexity index is 1060. The van der Waals surface area contributed by atoms with E-state index < -0.39 is 27.9 Å². The molecule has 0 saturated heterocycles. The molecule has 1 N–H and O–H groups in total. The minimum absolute atomic E-state index is 0.0993. The molecule has 1 saturated carbocycles. The van der Waals surface area contributed by atoms with Crippen LogP contribution < -0.4 is 11.2 Å². The van der Waals surface area contributed by atoms with Crippen LogP contribution >= 0.6 is 0 Å². The number of ether oxygens (including phenoxy) is 1. The Morgan fingerprint density at radius 1 is 1.41 bits per heavy atom. The number of benzene rings is 1. The molecule has 0 unspecified atom stereocenters. The number of nitro benzene ring substituents is 1. The maximum absolute atomic E-state index is 12.7. The van der Waals surface area contributed by atoms with Crippen LogP contribution in [0, 0.1) is 10.1 Å². The molecule has 1 fully saturated rings. The molecule has 0 aliphatic heterocycles. The van der Waals surface area contributed by atoms with E-state index in [2.05, 4.69) is 6.58 Å². The van der Waals surface area contributed by atoms with E-state index in [0.717, 1.165) is 33.5 Å². The van der Waals surface area contributed by atoms with Gasteiger partial charge in [-0.2, -0.15) is 0 Å². The number of esters is 1. The van der Waals surface area contributed by atoms with Gasteiger partial charge >= 0.3 is 11.7 Å². The summed E-state index contributed by atoms with van der Waals surface area (Å²) in [5.74, 6) is -1.48. The molecular formula is C17H15N3O7. The number of non-ortho nitro benzene ring substituents is 1. The predicted octanol–water partition coefficient (Wildman–Crippen LogP) is 1.29. The van der Waals surface area contributed by atoms with Crippen molar-refractivity contribution >= 4 is 11.7 Å². The van der Waals surface area contributed by atoms with Gasteiger partial charge in [0.25, 0.3) is 11.2 Å². The topological polar surface area (TPSA) is 134 Å². The highest BCUT2D eigenvalue weighted by Crippen LogP contribution is 2.32. The summed E-state index contributed by atoms with van der Waals surface area (Å²) in [5, 5.41) is 20.9. The Morgan fingerprint density at radius 3 is 2.67 bits per heavy atom. The molecule has 0 spiro atoms. The first-order valence-corrected chi connectivity index (χ1v) is 7.99. The number of phenols is 1. The number of phenolic OH excluding ortho intramolecular Hbond substituents is 1. The highest BCUT2D eigenvalue weighted by Gasteiger charge is 2.31. The standard InChI is InChI=1S/C17H15N3O7/c1-2-7-27-16(23)12-9-18(17(24)19(15(12)22)10-3-4-10)13-6-5-11(20(25)26)8-14(13)21/h2,5-6,8-10,21H,1,3-4,7H2. The fraction of sp³-hybridized carbons (Fsp3) is 0.235. The van der Waals surface area contributed by atoms with Crippen molar-refractivity contribution in [1.29, 1.82) is 0 Å². The SMILES string of the molecule is C=CCOC(=O)c1cn(-c2ccc([N+](=O)[O-])cc2O)c(=O)n(C2CC2)c1=O. The van der Waals surface area contributed by atoms with Crippen LogP contribution in [-0.2, 0) is 4.74 Å². The average molecular weight is 373 g/mol. The van der Waals surface area contributed by atoms with E-state index in [1.165, 1.54) is 6.08 Å². The van der Waals surface area contributed by atoms with Crippen molar-refractivity contribution < 1.29 is 19.6 Å². The predicted molar refractivity (Wildman–Crippen MR) is 93.4 cm³/mol. The molecule has 0 bridgehead atoms. The van der Waals surface area contributed by atoms with Crippen molar-refractivity contribution in [3.8, 4) is 11.4 Å². The Balaban J connectivity index is 2.21. The Labute approximate surface area is 151 Å². The number of hydrogen-bond acceptors (Lipinski definition) is 7. The van der Waals surface area contributed by atoms with Crippen LogP contribution in [0.25, 0.3) is 5.69 Å². The van der Waals surface area contributed by atoms with Gasteiger partial charge < -0.3 is 9.84 Å². The molecule has 0 radical (unpaired) electrons. The molecule has 1 aromatic heterocycles. The lowest BCUT2D eigenvalue weighted by Gasteiger charge is -2.13. The molecule has 27 heavy (non-hydrogen) atoms. The van der Waals surface area contributed by atoms with Crippen molar-refractivity contribution in [2.75, 3.05) is 6.61 Å². The molecule has 1 aliphatic rings. The van der Waals surface area contributed by atoms with Crippen LogP contribution in [0.1, 0.15) is 29.2 Å². The van der Waals surface area contributed by atoms with E-state index in [9.17, 15) is 29.6 Å². The van der Waals surface area contributed by atoms with E-state index >= 15 is 0 Å². The molecule has 2 aromatic rings. The number of aromatic hydroxyl groups is 1. The Hall–Kier alpha value is -3.69. The van der Waals surface area contributed by atoms with Gasteiger partial charge in [0.1, 0.15) is 17.9 Å². The van der Waals surface area contributed by atoms with E-state index in [-0.39, 0.29) is 29.6 Å². The first kappa shape index (κ1) is 18.1. The highest BCUT2D eigenvalue weighted by atomic mass is 16.6. The molecule has 3 rings (SSSR count). The molecule has 10 nitrogen and oxygen atoms in total. The van der Waals surface area contributed by atoms with Gasteiger partial charge in [0.15, 0.2) is 0 Å². The van der Waals surface area contributed by atoms with Crippen LogP contribution in [0.5, 0.6) is 5.75 Å². The number of hydrogen-bond donors (Lipinski definition) is 1. The second kappa shape index (κ2) is 6.90. The molecule has 0 amide bonds. The summed E-state index contributed by atoms with van der Waals surface area (Å²) in [5.41, 5.74) is -2.40. The van der Waals surface area contributed by atoms with Crippen LogP contribution in [0.3, 0.4) is 0 Å². The zero-order valence-electron chi connectivity index (χ0n) is 14.0. The van der Waals surface area contributed by atoms with E-state index in [1.807, 2.05) is 0 Å². The molecule has 1 aliphatic carbocycles. The third-order valence-corrected chi connectivity index (χ3v) is 4.01. The highest BCUT2D eigenvalue weighted by molar-refractivity contribution is 5.88. The molecule has 1 heterocycles. The smallest absolute Gasteiger partial charge is 0.345 e. The Morgan fingerprint density at radius 2 is 2.11 bits per heavy atom. The monoisotopic (exact) mass is 373 g/mol. The van der Waals surface area contributed by atoms with Crippen LogP contribution in [0.4, 0.5) is 5.69 Å². The van der Waals surface area contributed by atoms with Gasteiger partial charge in [0.2, 0.25) is 0 Å². The lowest BCUT2D eigenvalue weighted by Crippen LogP contribution is -2.41. The van der Waals surface area contributed by atoms with Crippen LogP contribution in [0.15, 0.2) is 46.6 Å². The van der Waals surface area contributed by atoms with Gasteiger partial charge in [-0.15, -0.1) is 0 Å². The zero-order chi connectivity index (χ0) is 19.7. The van der Waals surface area contributed by atoms with Gasteiger partial charge in [-0.05, 0) is 18.9 Å². The normalized spacial score (nSPS) is 13.2. The largest absolute Gasteiger partial charge is 0.505 e. The summed E-state index contributed by atoms with van der Waals surface area (Å²) < 4.78 is 6.73. The Kier molecular flexibility index (Phi) is 4.63. The summed E-state index contributed by atoms with van der Waals surface area (Å²) in [7, 11) is 0. The fourth-order valence-corrected chi connectivity index (χ4v) is 2.58. The van der Waals surface area contributed by atoms with Crippen LogP contribution in [0.2, 0.25) is 0 Å². The summed E-state index contributed by atoms with van der Waals surface area (Å²) >= 11 is 0.